The molecule has 5 aliphatic rings. The summed E-state index contributed by atoms with van der Waals surface area (Å²) in [4.78, 5) is 2.67. The summed E-state index contributed by atoms with van der Waals surface area (Å²) >= 11 is 2.06. The number of rotatable bonds is 9. The van der Waals surface area contributed by atoms with Crippen molar-refractivity contribution in [2.75, 3.05) is 6.54 Å². The van der Waals surface area contributed by atoms with Crippen LogP contribution in [0.1, 0.15) is 125 Å². The van der Waals surface area contributed by atoms with Crippen LogP contribution in [0.3, 0.4) is 0 Å². The van der Waals surface area contributed by atoms with Gasteiger partial charge in [-0.1, -0.05) is 97.8 Å². The van der Waals surface area contributed by atoms with Crippen LogP contribution < -0.4 is 10.1 Å². The maximum Gasteiger partial charge on any atom is 0.256 e. The molecule has 1 aromatic heterocycles. The van der Waals surface area contributed by atoms with Crippen LogP contribution in [-0.4, -0.2) is 24.2 Å². The van der Waals surface area contributed by atoms with Crippen molar-refractivity contribution in [2.24, 2.45) is 29.1 Å². The molecule has 4 unspecified atom stereocenters. The normalized spacial score (nSPS) is 26.8. The zero-order chi connectivity index (χ0) is 37.3. The van der Waals surface area contributed by atoms with Crippen molar-refractivity contribution in [1.29, 1.82) is 0 Å². The lowest BCUT2D eigenvalue weighted by atomic mass is 9.33. The maximum atomic E-state index is 4.30. The van der Waals surface area contributed by atoms with E-state index < -0.39 is 0 Å². The Morgan fingerprint density at radius 3 is 2.35 bits per heavy atom. The fourth-order valence-electron chi connectivity index (χ4n) is 10.4. The molecule has 7 rings (SSSR count). The molecule has 276 valence electrons. The van der Waals surface area contributed by atoms with Crippen molar-refractivity contribution in [3.63, 3.8) is 0 Å². The molecular formula is C48H65BN2S. The number of nitrogens with one attached hydrogen (secondary N) is 1. The second-order valence-corrected chi connectivity index (χ2v) is 20.5. The number of benzene rings is 1. The van der Waals surface area contributed by atoms with E-state index in [4.69, 9.17) is 0 Å². The van der Waals surface area contributed by atoms with E-state index in [1.54, 1.807) is 22.2 Å². The molecule has 4 heteroatoms. The Morgan fingerprint density at radius 1 is 0.962 bits per heavy atom. The van der Waals surface area contributed by atoms with Gasteiger partial charge < -0.3 is 10.2 Å². The number of nitrogens with zero attached hydrogens (tertiary/aromatic N) is 1. The van der Waals surface area contributed by atoms with Crippen molar-refractivity contribution in [2.45, 2.75) is 131 Å². The third-order valence-electron chi connectivity index (χ3n) is 14.1. The lowest BCUT2D eigenvalue weighted by molar-refractivity contribution is 0.202. The van der Waals surface area contributed by atoms with E-state index in [1.807, 2.05) is 0 Å². The van der Waals surface area contributed by atoms with Crippen LogP contribution in [0.4, 0.5) is 0 Å². The molecule has 1 aromatic carbocycles. The van der Waals surface area contributed by atoms with Gasteiger partial charge in [-0.3, -0.25) is 0 Å². The topological polar surface area (TPSA) is 15.3 Å². The molecule has 2 aromatic rings. The Kier molecular flexibility index (Phi) is 9.84. The highest BCUT2D eigenvalue weighted by molar-refractivity contribution is 7.30. The smallest absolute Gasteiger partial charge is 0.256 e. The highest BCUT2D eigenvalue weighted by Gasteiger charge is 2.48. The summed E-state index contributed by atoms with van der Waals surface area (Å²) in [6.45, 7) is 33.8. The Morgan fingerprint density at radius 2 is 1.67 bits per heavy atom. The molecule has 1 N–H and O–H groups in total. The Bertz CT molecular complexity index is 1870. The molecule has 4 aliphatic carbocycles. The van der Waals surface area contributed by atoms with Crippen LogP contribution in [0, 0.1) is 29.1 Å². The lowest BCUT2D eigenvalue weighted by Crippen LogP contribution is -2.51. The molecule has 0 radical (unpaired) electrons. The molecule has 2 nitrogen and oxygen atoms in total. The van der Waals surface area contributed by atoms with E-state index in [0.29, 0.717) is 23.7 Å². The Labute approximate surface area is 321 Å². The molecular weight excluding hydrogens is 647 g/mol. The Balaban J connectivity index is 1.42. The summed E-state index contributed by atoms with van der Waals surface area (Å²) in [7, 11) is 0. The first kappa shape index (κ1) is 37.3. The molecule has 1 aliphatic heterocycles. The largest absolute Gasteiger partial charge is 0.385 e. The van der Waals surface area contributed by atoms with Gasteiger partial charge in [-0.25, -0.2) is 0 Å². The molecule has 1 fully saturated rings. The fraction of sp³-hybridized carbons (Fsp3) is 0.542. The van der Waals surface area contributed by atoms with Gasteiger partial charge in [0.05, 0.1) is 0 Å². The van der Waals surface area contributed by atoms with E-state index in [-0.39, 0.29) is 29.0 Å². The number of hydrogen-bond donors (Lipinski definition) is 1. The van der Waals surface area contributed by atoms with Crippen LogP contribution in [0.15, 0.2) is 101 Å². The van der Waals surface area contributed by atoms with Crippen molar-refractivity contribution >= 4 is 32.9 Å². The summed E-state index contributed by atoms with van der Waals surface area (Å²) in [6.07, 6.45) is 22.3. The Hall–Kier alpha value is -2.98. The van der Waals surface area contributed by atoms with Crippen LogP contribution in [0.25, 0.3) is 10.1 Å². The summed E-state index contributed by atoms with van der Waals surface area (Å²) in [6, 6.07) is 7.98. The van der Waals surface area contributed by atoms with E-state index in [1.165, 1.54) is 63.0 Å². The average molecular weight is 713 g/mol. The van der Waals surface area contributed by atoms with Gasteiger partial charge in [0.25, 0.3) is 6.71 Å². The van der Waals surface area contributed by atoms with E-state index >= 15 is 0 Å². The van der Waals surface area contributed by atoms with Crippen molar-refractivity contribution in [3.8, 4) is 0 Å². The third-order valence-corrected chi connectivity index (χ3v) is 15.2. The van der Waals surface area contributed by atoms with E-state index in [9.17, 15) is 0 Å². The molecule has 52 heavy (non-hydrogen) atoms. The van der Waals surface area contributed by atoms with Gasteiger partial charge in [-0.2, -0.15) is 0 Å². The standard InChI is InChI=1S/C48H65BN2S/c1-13-22-51-41-27-35-32(6)17-18-46(7,8)36(35)28-39(41)49(45-40(23-31(5)24-42(45)51)50-21-15-16-33(14-2)30(3)4)44-26-34-25-37-38(29-43(34)52-44)48(11,12)20-19-47(37,9)10/h13-15,21,24-26,28-30,32-33,35,40,50H,1-2,16-20,22-23,27H2,3-12H3/b21-15+. The molecule has 0 spiro atoms. The predicted molar refractivity (Wildman–Crippen MR) is 229 cm³/mol. The number of thiophene rings is 1. The maximum absolute atomic E-state index is 4.30. The zero-order valence-electron chi connectivity index (χ0n) is 34.1. The molecule has 0 bridgehead atoms. The van der Waals surface area contributed by atoms with Gasteiger partial charge in [0.15, 0.2) is 0 Å². The first-order valence-electron chi connectivity index (χ1n) is 20.4. The first-order chi connectivity index (χ1) is 24.6. The second kappa shape index (κ2) is 13.7. The minimum Gasteiger partial charge on any atom is -0.385 e. The highest BCUT2D eigenvalue weighted by atomic mass is 32.1. The minimum absolute atomic E-state index is 0.196. The quantitative estimate of drug-likeness (QED) is 0.206. The molecule has 0 saturated heterocycles. The SMILES string of the molecule is C=CCN1C2=C(B(c3cc4cc5c(cc4s3)C(C)(C)CCC5(C)C)C3=C1CC1C(=C3)C(C)(C)CCC1C)C(N/C=C/CC(C=C)C(C)C)CC(C)=C2. The number of hydrogen-bond acceptors (Lipinski definition) is 3. The van der Waals surface area contributed by atoms with E-state index in [0.717, 1.165) is 25.8 Å². The number of allylic oxidation sites excluding steroid dienone is 7. The van der Waals surface area contributed by atoms with Crippen molar-refractivity contribution in [3.05, 3.63) is 113 Å². The minimum atomic E-state index is 0.196. The zero-order valence-corrected chi connectivity index (χ0v) is 34.9. The first-order valence-corrected chi connectivity index (χ1v) is 21.2. The van der Waals surface area contributed by atoms with Crippen LogP contribution in [-0.2, 0) is 10.8 Å². The van der Waals surface area contributed by atoms with E-state index in [2.05, 4.69) is 159 Å². The molecule has 2 heterocycles. The summed E-state index contributed by atoms with van der Waals surface area (Å²) in [5.41, 5.74) is 12.9. The van der Waals surface area contributed by atoms with Crippen LogP contribution in [0.5, 0.6) is 0 Å². The van der Waals surface area contributed by atoms with Crippen molar-refractivity contribution < 1.29 is 0 Å². The summed E-state index contributed by atoms with van der Waals surface area (Å²) in [5, 5.41) is 5.43. The average Bonchev–Trinajstić information content (AvgIpc) is 3.50. The number of fused-ring (bicyclic) bond motifs is 3. The summed E-state index contributed by atoms with van der Waals surface area (Å²) < 4.78 is 2.94. The van der Waals surface area contributed by atoms with Gasteiger partial charge in [-0.15, -0.1) is 24.5 Å². The van der Waals surface area contributed by atoms with Gasteiger partial charge in [-0.05, 0) is 154 Å². The van der Waals surface area contributed by atoms with Gasteiger partial charge >= 0.3 is 0 Å². The van der Waals surface area contributed by atoms with Gasteiger partial charge in [0.2, 0.25) is 0 Å². The highest BCUT2D eigenvalue weighted by Crippen LogP contribution is 2.54. The lowest BCUT2D eigenvalue weighted by Gasteiger charge is -2.50. The third kappa shape index (κ3) is 6.48. The van der Waals surface area contributed by atoms with Gasteiger partial charge in [0.1, 0.15) is 0 Å². The molecule has 1 saturated carbocycles. The fourth-order valence-corrected chi connectivity index (χ4v) is 11.7. The van der Waals surface area contributed by atoms with Crippen LogP contribution in [0.2, 0.25) is 0 Å². The van der Waals surface area contributed by atoms with Crippen LogP contribution >= 0.6 is 11.3 Å². The molecule has 0 amide bonds. The van der Waals surface area contributed by atoms with Gasteiger partial charge in [0, 0.05) is 28.7 Å². The summed E-state index contributed by atoms with van der Waals surface area (Å²) in [5.74, 6) is 2.37. The molecule has 4 atom stereocenters. The monoisotopic (exact) mass is 712 g/mol. The van der Waals surface area contributed by atoms with Crippen molar-refractivity contribution in [1.82, 2.24) is 10.2 Å². The second-order valence-electron chi connectivity index (χ2n) is 19.4. The predicted octanol–water partition coefficient (Wildman–Crippen LogP) is 12.1.